The molecule has 12 heavy (non-hydrogen) atoms. The van der Waals surface area contributed by atoms with Crippen molar-refractivity contribution in [2.24, 2.45) is 0 Å². The van der Waals surface area contributed by atoms with Gasteiger partial charge in [0.05, 0.1) is 0 Å². The Hall–Kier alpha value is -0.120. The highest BCUT2D eigenvalue weighted by Crippen LogP contribution is 2.01. The van der Waals surface area contributed by atoms with Crippen LogP contribution in [0.4, 0.5) is 0 Å². The molecule has 0 amide bonds. The second-order valence-corrected chi connectivity index (χ2v) is 3.89. The summed E-state index contributed by atoms with van der Waals surface area (Å²) in [6.45, 7) is 8.17. The Morgan fingerprint density at radius 1 is 1.50 bits per heavy atom. The van der Waals surface area contributed by atoms with Gasteiger partial charge < -0.3 is 10.2 Å². The van der Waals surface area contributed by atoms with Crippen molar-refractivity contribution in [3.8, 4) is 0 Å². The average Bonchev–Trinajstić information content (AvgIpc) is 2.03. The van der Waals surface area contributed by atoms with E-state index in [0.29, 0.717) is 6.04 Å². The van der Waals surface area contributed by atoms with Crippen LogP contribution in [0.2, 0.25) is 0 Å². The molecule has 0 aromatic rings. The lowest BCUT2D eigenvalue weighted by atomic mass is 10.2. The normalized spacial score (nSPS) is 26.5. The Balaban J connectivity index is 2.20. The van der Waals surface area contributed by atoms with Crippen LogP contribution in [0.15, 0.2) is 0 Å². The molecule has 1 saturated heterocycles. The van der Waals surface area contributed by atoms with E-state index >= 15 is 0 Å². The molecular formula is C9H21N3. The van der Waals surface area contributed by atoms with Gasteiger partial charge >= 0.3 is 0 Å². The largest absolute Gasteiger partial charge is 0.314 e. The van der Waals surface area contributed by atoms with Crippen LogP contribution in [0.5, 0.6) is 0 Å². The average molecular weight is 171 g/mol. The van der Waals surface area contributed by atoms with E-state index < -0.39 is 0 Å². The summed E-state index contributed by atoms with van der Waals surface area (Å²) in [4.78, 5) is 4.80. The van der Waals surface area contributed by atoms with Crippen LogP contribution in [0.1, 0.15) is 6.92 Å². The predicted octanol–water partition coefficient (Wildman–Crippen LogP) is -0.158. The number of nitrogens with one attached hydrogen (secondary N) is 1. The molecule has 1 rings (SSSR count). The maximum atomic E-state index is 3.40. The van der Waals surface area contributed by atoms with Gasteiger partial charge in [-0.1, -0.05) is 0 Å². The van der Waals surface area contributed by atoms with Gasteiger partial charge in [-0.05, 0) is 21.0 Å². The van der Waals surface area contributed by atoms with Crippen molar-refractivity contribution in [1.29, 1.82) is 0 Å². The zero-order valence-corrected chi connectivity index (χ0v) is 8.51. The third-order valence-corrected chi connectivity index (χ3v) is 2.47. The van der Waals surface area contributed by atoms with Crippen molar-refractivity contribution in [3.63, 3.8) is 0 Å². The lowest BCUT2D eigenvalue weighted by Gasteiger charge is -2.34. The molecule has 0 radical (unpaired) electrons. The van der Waals surface area contributed by atoms with E-state index in [1.54, 1.807) is 0 Å². The van der Waals surface area contributed by atoms with E-state index in [9.17, 15) is 0 Å². The van der Waals surface area contributed by atoms with Gasteiger partial charge in [0, 0.05) is 38.8 Å². The van der Waals surface area contributed by atoms with Crippen molar-refractivity contribution < 1.29 is 0 Å². The van der Waals surface area contributed by atoms with Gasteiger partial charge in [-0.15, -0.1) is 0 Å². The van der Waals surface area contributed by atoms with Gasteiger partial charge in [0.1, 0.15) is 0 Å². The molecule has 1 atom stereocenters. The van der Waals surface area contributed by atoms with Gasteiger partial charge in [0.25, 0.3) is 0 Å². The standard InChI is InChI=1S/C9H21N3/c1-9-8-10-4-5-12(9)7-6-11(2)3/h9-10H,4-8H2,1-3H3. The number of likely N-dealkylation sites (N-methyl/N-ethyl adjacent to an activating group) is 1. The number of rotatable bonds is 3. The maximum Gasteiger partial charge on any atom is 0.0193 e. The molecule has 1 aliphatic heterocycles. The van der Waals surface area contributed by atoms with E-state index in [0.717, 1.165) is 13.1 Å². The zero-order chi connectivity index (χ0) is 8.97. The molecular weight excluding hydrogens is 150 g/mol. The SMILES string of the molecule is CC1CNCCN1CCN(C)C. The Morgan fingerprint density at radius 2 is 2.25 bits per heavy atom. The summed E-state index contributed by atoms with van der Waals surface area (Å²) >= 11 is 0. The van der Waals surface area contributed by atoms with Gasteiger partial charge in [-0.25, -0.2) is 0 Å². The third-order valence-electron chi connectivity index (χ3n) is 2.47. The lowest BCUT2D eigenvalue weighted by molar-refractivity contribution is 0.159. The molecule has 0 aliphatic carbocycles. The van der Waals surface area contributed by atoms with E-state index in [2.05, 4.69) is 36.1 Å². The highest BCUT2D eigenvalue weighted by molar-refractivity contribution is 4.76. The first-order chi connectivity index (χ1) is 5.70. The van der Waals surface area contributed by atoms with Crippen LogP contribution in [0, 0.1) is 0 Å². The second kappa shape index (κ2) is 4.80. The highest BCUT2D eigenvalue weighted by atomic mass is 15.2. The minimum Gasteiger partial charge on any atom is -0.314 e. The first kappa shape index (κ1) is 9.96. The Kier molecular flexibility index (Phi) is 3.98. The van der Waals surface area contributed by atoms with E-state index in [4.69, 9.17) is 0 Å². The Labute approximate surface area is 75.7 Å². The minimum absolute atomic E-state index is 0.707. The highest BCUT2D eigenvalue weighted by Gasteiger charge is 2.16. The summed E-state index contributed by atoms with van der Waals surface area (Å²) in [5.74, 6) is 0. The van der Waals surface area contributed by atoms with Crippen LogP contribution < -0.4 is 5.32 Å². The fourth-order valence-electron chi connectivity index (χ4n) is 1.54. The topological polar surface area (TPSA) is 18.5 Å². The molecule has 0 aromatic heterocycles. The molecule has 1 unspecified atom stereocenters. The maximum absolute atomic E-state index is 3.40. The molecule has 3 nitrogen and oxygen atoms in total. The number of piperazine rings is 1. The third kappa shape index (κ3) is 3.09. The van der Waals surface area contributed by atoms with E-state index in [1.165, 1.54) is 19.6 Å². The summed E-state index contributed by atoms with van der Waals surface area (Å²) < 4.78 is 0. The van der Waals surface area contributed by atoms with Crippen molar-refractivity contribution in [3.05, 3.63) is 0 Å². The summed E-state index contributed by atoms with van der Waals surface area (Å²) in [5.41, 5.74) is 0. The summed E-state index contributed by atoms with van der Waals surface area (Å²) in [7, 11) is 4.26. The minimum atomic E-state index is 0.707. The first-order valence-corrected chi connectivity index (χ1v) is 4.79. The Bertz CT molecular complexity index is 125. The van der Waals surface area contributed by atoms with Gasteiger partial charge in [0.2, 0.25) is 0 Å². The summed E-state index contributed by atoms with van der Waals surface area (Å²) in [6.07, 6.45) is 0. The molecule has 1 heterocycles. The van der Waals surface area contributed by atoms with E-state index in [1.807, 2.05) is 0 Å². The molecule has 0 spiro atoms. The van der Waals surface area contributed by atoms with Crippen LogP contribution in [-0.4, -0.2) is 62.7 Å². The van der Waals surface area contributed by atoms with Crippen molar-refractivity contribution >= 4 is 0 Å². The quantitative estimate of drug-likeness (QED) is 0.637. The Morgan fingerprint density at radius 3 is 2.83 bits per heavy atom. The van der Waals surface area contributed by atoms with E-state index in [-0.39, 0.29) is 0 Å². The van der Waals surface area contributed by atoms with Gasteiger partial charge in [-0.3, -0.25) is 4.90 Å². The lowest BCUT2D eigenvalue weighted by Crippen LogP contribution is -2.51. The number of hydrogen-bond donors (Lipinski definition) is 1. The van der Waals surface area contributed by atoms with Crippen LogP contribution in [0.25, 0.3) is 0 Å². The fraction of sp³-hybridized carbons (Fsp3) is 1.00. The molecule has 1 aliphatic rings. The predicted molar refractivity (Wildman–Crippen MR) is 52.5 cm³/mol. The fourth-order valence-corrected chi connectivity index (χ4v) is 1.54. The number of nitrogens with zero attached hydrogens (tertiary/aromatic N) is 2. The monoisotopic (exact) mass is 171 g/mol. The molecule has 1 N–H and O–H groups in total. The molecule has 0 saturated carbocycles. The van der Waals surface area contributed by atoms with Crippen LogP contribution >= 0.6 is 0 Å². The summed E-state index contributed by atoms with van der Waals surface area (Å²) in [5, 5.41) is 3.40. The van der Waals surface area contributed by atoms with Crippen LogP contribution in [0.3, 0.4) is 0 Å². The van der Waals surface area contributed by atoms with Gasteiger partial charge in [-0.2, -0.15) is 0 Å². The molecule has 3 heteroatoms. The zero-order valence-electron chi connectivity index (χ0n) is 8.51. The van der Waals surface area contributed by atoms with Crippen molar-refractivity contribution in [2.45, 2.75) is 13.0 Å². The van der Waals surface area contributed by atoms with Crippen molar-refractivity contribution in [2.75, 3.05) is 46.8 Å². The van der Waals surface area contributed by atoms with Crippen LogP contribution in [-0.2, 0) is 0 Å². The molecule has 1 fully saturated rings. The van der Waals surface area contributed by atoms with Crippen molar-refractivity contribution in [1.82, 2.24) is 15.1 Å². The smallest absolute Gasteiger partial charge is 0.0193 e. The summed E-state index contributed by atoms with van der Waals surface area (Å²) in [6, 6.07) is 0.707. The molecule has 0 aromatic carbocycles. The van der Waals surface area contributed by atoms with Gasteiger partial charge in [0.15, 0.2) is 0 Å². The first-order valence-electron chi connectivity index (χ1n) is 4.79. The second-order valence-electron chi connectivity index (χ2n) is 3.89. The number of hydrogen-bond acceptors (Lipinski definition) is 3. The molecule has 0 bridgehead atoms. The molecule has 72 valence electrons.